The number of nitrogens with one attached hydrogen (secondary N) is 2. The molecule has 0 aliphatic rings. The molecule has 23 heavy (non-hydrogen) atoms. The normalized spacial score (nSPS) is 12.0. The first-order valence-electron chi connectivity index (χ1n) is 7.44. The van der Waals surface area contributed by atoms with Crippen LogP contribution in [0, 0.1) is 0 Å². The molecule has 2 N–H and O–H groups in total. The molecule has 1 atom stereocenters. The van der Waals surface area contributed by atoms with E-state index < -0.39 is 0 Å². The quantitative estimate of drug-likeness (QED) is 0.726. The molecule has 0 saturated heterocycles. The summed E-state index contributed by atoms with van der Waals surface area (Å²) in [5, 5.41) is 13.7. The van der Waals surface area contributed by atoms with Crippen LogP contribution in [-0.4, -0.2) is 30.9 Å². The first-order valence-corrected chi connectivity index (χ1v) is 7.44. The number of benzene rings is 1. The fraction of sp³-hybridized carbons (Fsp3) is 0.250. The molecule has 0 aliphatic heterocycles. The van der Waals surface area contributed by atoms with Gasteiger partial charge in [0.2, 0.25) is 5.91 Å². The number of hydrogen-bond donors (Lipinski definition) is 2. The predicted octanol–water partition coefficient (Wildman–Crippen LogP) is 1.80. The van der Waals surface area contributed by atoms with E-state index in [2.05, 4.69) is 25.6 Å². The second-order valence-corrected chi connectivity index (χ2v) is 5.33. The number of amides is 1. The van der Waals surface area contributed by atoms with Gasteiger partial charge in [-0.15, -0.1) is 0 Å². The van der Waals surface area contributed by atoms with E-state index in [9.17, 15) is 4.79 Å². The first-order chi connectivity index (χ1) is 11.2. The van der Waals surface area contributed by atoms with Crippen molar-refractivity contribution in [3.05, 3.63) is 60.4 Å². The van der Waals surface area contributed by atoms with Gasteiger partial charge < -0.3 is 5.32 Å². The van der Waals surface area contributed by atoms with Crippen LogP contribution >= 0.6 is 0 Å². The number of nitrogens with zero attached hydrogens (tertiary/aromatic N) is 4. The summed E-state index contributed by atoms with van der Waals surface area (Å²) in [5.41, 5.74) is 3.01. The highest BCUT2D eigenvalue weighted by Crippen LogP contribution is 2.15. The van der Waals surface area contributed by atoms with Crippen molar-refractivity contribution >= 4 is 5.91 Å². The van der Waals surface area contributed by atoms with Gasteiger partial charge in [0, 0.05) is 12.6 Å². The molecule has 7 nitrogen and oxygen atoms in total. The Hall–Kier alpha value is -2.96. The van der Waals surface area contributed by atoms with Crippen molar-refractivity contribution in [2.24, 2.45) is 0 Å². The standard InChI is InChI=1S/C16H18N6O/c1-12(21-16(23)7-2-13-8-18-19-9-13)14-3-5-15(6-4-14)22-11-17-10-20-22/h3-6,8-12H,2,7H2,1H3,(H,18,19)(H,21,23). The highest BCUT2D eigenvalue weighted by molar-refractivity contribution is 5.76. The minimum atomic E-state index is -0.0448. The molecule has 1 unspecified atom stereocenters. The van der Waals surface area contributed by atoms with E-state index >= 15 is 0 Å². The average Bonchev–Trinajstić information content (AvgIpc) is 3.26. The Labute approximate surface area is 133 Å². The maximum Gasteiger partial charge on any atom is 0.220 e. The van der Waals surface area contributed by atoms with Gasteiger partial charge >= 0.3 is 0 Å². The third-order valence-corrected chi connectivity index (χ3v) is 3.65. The van der Waals surface area contributed by atoms with E-state index in [0.29, 0.717) is 12.8 Å². The molecule has 2 aromatic heterocycles. The summed E-state index contributed by atoms with van der Waals surface area (Å²) in [6, 6.07) is 7.84. The van der Waals surface area contributed by atoms with Crippen LogP contribution in [0.15, 0.2) is 49.3 Å². The number of H-pyrrole nitrogens is 1. The van der Waals surface area contributed by atoms with E-state index in [0.717, 1.165) is 16.8 Å². The Balaban J connectivity index is 1.55. The topological polar surface area (TPSA) is 88.5 Å². The number of rotatable bonds is 6. The minimum Gasteiger partial charge on any atom is -0.350 e. The molecule has 0 saturated carbocycles. The predicted molar refractivity (Wildman–Crippen MR) is 84.8 cm³/mol. The van der Waals surface area contributed by atoms with Gasteiger partial charge in [0.25, 0.3) is 0 Å². The van der Waals surface area contributed by atoms with Gasteiger partial charge in [0.05, 0.1) is 17.9 Å². The van der Waals surface area contributed by atoms with E-state index in [1.165, 1.54) is 6.33 Å². The zero-order valence-corrected chi connectivity index (χ0v) is 12.8. The number of aryl methyl sites for hydroxylation is 1. The molecular formula is C16H18N6O. The van der Waals surface area contributed by atoms with E-state index in [-0.39, 0.29) is 11.9 Å². The van der Waals surface area contributed by atoms with Crippen LogP contribution in [0.3, 0.4) is 0 Å². The van der Waals surface area contributed by atoms with Crippen LogP contribution in [0.5, 0.6) is 0 Å². The minimum absolute atomic E-state index is 0.0269. The lowest BCUT2D eigenvalue weighted by molar-refractivity contribution is -0.121. The van der Waals surface area contributed by atoms with Crippen LogP contribution in [0.4, 0.5) is 0 Å². The number of aromatic nitrogens is 5. The molecule has 0 aliphatic carbocycles. The molecule has 118 valence electrons. The van der Waals surface area contributed by atoms with E-state index in [1.807, 2.05) is 31.2 Å². The van der Waals surface area contributed by atoms with Crippen LogP contribution in [0.25, 0.3) is 5.69 Å². The van der Waals surface area contributed by atoms with Crippen molar-refractivity contribution in [3.8, 4) is 5.69 Å². The molecule has 0 bridgehead atoms. The van der Waals surface area contributed by atoms with Crippen LogP contribution in [-0.2, 0) is 11.2 Å². The van der Waals surface area contributed by atoms with Crippen molar-refractivity contribution in [3.63, 3.8) is 0 Å². The fourth-order valence-corrected chi connectivity index (χ4v) is 2.33. The summed E-state index contributed by atoms with van der Waals surface area (Å²) in [5.74, 6) is 0.0269. The summed E-state index contributed by atoms with van der Waals surface area (Å²) in [6.07, 6.45) is 7.81. The van der Waals surface area contributed by atoms with Crippen molar-refractivity contribution in [2.75, 3.05) is 0 Å². The molecule has 0 spiro atoms. The molecule has 3 rings (SSSR count). The van der Waals surface area contributed by atoms with E-state index in [4.69, 9.17) is 0 Å². The summed E-state index contributed by atoms with van der Waals surface area (Å²) in [7, 11) is 0. The monoisotopic (exact) mass is 310 g/mol. The zero-order chi connectivity index (χ0) is 16.1. The molecule has 1 aromatic carbocycles. The third kappa shape index (κ3) is 3.82. The van der Waals surface area contributed by atoms with Gasteiger partial charge in [0.15, 0.2) is 0 Å². The molecular weight excluding hydrogens is 292 g/mol. The Morgan fingerprint density at radius 2 is 2.17 bits per heavy atom. The van der Waals surface area contributed by atoms with Gasteiger partial charge in [-0.3, -0.25) is 9.89 Å². The summed E-state index contributed by atoms with van der Waals surface area (Å²) >= 11 is 0. The number of aromatic amines is 1. The Kier molecular flexibility index (Phi) is 4.46. The van der Waals surface area contributed by atoms with Gasteiger partial charge in [-0.2, -0.15) is 10.2 Å². The summed E-state index contributed by atoms with van der Waals surface area (Å²) in [4.78, 5) is 15.9. The number of carbonyl (C=O) groups excluding carboxylic acids is 1. The van der Waals surface area contributed by atoms with Crippen molar-refractivity contribution in [2.45, 2.75) is 25.8 Å². The Morgan fingerprint density at radius 1 is 1.35 bits per heavy atom. The van der Waals surface area contributed by atoms with Crippen molar-refractivity contribution < 1.29 is 4.79 Å². The Morgan fingerprint density at radius 3 is 2.83 bits per heavy atom. The highest BCUT2D eigenvalue weighted by atomic mass is 16.1. The molecule has 2 heterocycles. The van der Waals surface area contributed by atoms with Gasteiger partial charge in [-0.05, 0) is 36.6 Å². The van der Waals surface area contributed by atoms with Crippen LogP contribution in [0.2, 0.25) is 0 Å². The maximum atomic E-state index is 12.0. The van der Waals surface area contributed by atoms with Gasteiger partial charge in [0.1, 0.15) is 12.7 Å². The fourth-order valence-electron chi connectivity index (χ4n) is 2.33. The average molecular weight is 310 g/mol. The molecule has 3 aromatic rings. The Bertz CT molecular complexity index is 733. The molecule has 7 heteroatoms. The van der Waals surface area contributed by atoms with Crippen LogP contribution in [0.1, 0.15) is 30.5 Å². The highest BCUT2D eigenvalue weighted by Gasteiger charge is 2.10. The lowest BCUT2D eigenvalue weighted by Gasteiger charge is -2.14. The molecule has 1 amide bonds. The SMILES string of the molecule is CC(NC(=O)CCc1cn[nH]c1)c1ccc(-n2cncn2)cc1. The van der Waals surface area contributed by atoms with Crippen LogP contribution < -0.4 is 5.32 Å². The zero-order valence-electron chi connectivity index (χ0n) is 12.8. The summed E-state index contributed by atoms with van der Waals surface area (Å²) in [6.45, 7) is 1.97. The summed E-state index contributed by atoms with van der Waals surface area (Å²) < 4.78 is 1.69. The molecule has 0 radical (unpaired) electrons. The first kappa shape index (κ1) is 15.0. The smallest absolute Gasteiger partial charge is 0.220 e. The molecule has 0 fully saturated rings. The van der Waals surface area contributed by atoms with Gasteiger partial charge in [-0.1, -0.05) is 12.1 Å². The lowest BCUT2D eigenvalue weighted by Crippen LogP contribution is -2.26. The number of carbonyl (C=O) groups is 1. The van der Waals surface area contributed by atoms with E-state index in [1.54, 1.807) is 23.4 Å². The number of hydrogen-bond acceptors (Lipinski definition) is 4. The largest absolute Gasteiger partial charge is 0.350 e. The lowest BCUT2D eigenvalue weighted by atomic mass is 10.1. The second-order valence-electron chi connectivity index (χ2n) is 5.33. The third-order valence-electron chi connectivity index (χ3n) is 3.65. The maximum absolute atomic E-state index is 12.0. The second kappa shape index (κ2) is 6.87. The van der Waals surface area contributed by atoms with Crippen molar-refractivity contribution in [1.82, 2.24) is 30.3 Å². The van der Waals surface area contributed by atoms with Gasteiger partial charge in [-0.25, -0.2) is 9.67 Å². The van der Waals surface area contributed by atoms with Crippen molar-refractivity contribution in [1.29, 1.82) is 0 Å².